The molecule has 0 radical (unpaired) electrons. The van der Waals surface area contributed by atoms with Crippen molar-refractivity contribution in [2.24, 2.45) is 0 Å². The Bertz CT molecular complexity index is 896. The van der Waals surface area contributed by atoms with Gasteiger partial charge in [0.2, 0.25) is 5.91 Å². The number of aromatic nitrogens is 1. The second-order valence-corrected chi connectivity index (χ2v) is 9.78. The molecule has 1 aliphatic heterocycles. The fourth-order valence-corrected chi connectivity index (χ4v) is 5.40. The molecular formula is C17H19FN2O4S2. The van der Waals surface area contributed by atoms with E-state index in [1.165, 1.54) is 23.2 Å². The van der Waals surface area contributed by atoms with Crippen molar-refractivity contribution in [3.8, 4) is 11.3 Å². The molecule has 6 nitrogen and oxygen atoms in total. The van der Waals surface area contributed by atoms with Crippen LogP contribution in [-0.4, -0.2) is 54.1 Å². The number of carbonyl (C=O) groups excluding carboxylic acids is 1. The maximum absolute atomic E-state index is 13.0. The Labute approximate surface area is 155 Å². The van der Waals surface area contributed by atoms with Crippen LogP contribution in [0.4, 0.5) is 4.39 Å². The number of rotatable bonds is 5. The molecule has 3 rings (SSSR count). The third-order valence-electron chi connectivity index (χ3n) is 4.34. The SMILES string of the molecule is C[C@@H](Sc1ncc(-c2ccc(F)cc2)o1)C(=O)N(C)[C@@H]1CCS(=O)(=O)C1. The largest absolute Gasteiger partial charge is 0.431 e. The van der Waals surface area contributed by atoms with Crippen LogP contribution in [0.5, 0.6) is 0 Å². The minimum absolute atomic E-state index is 0.0142. The molecule has 1 aromatic carbocycles. The molecule has 0 aliphatic carbocycles. The number of hydrogen-bond donors (Lipinski definition) is 0. The van der Waals surface area contributed by atoms with Gasteiger partial charge < -0.3 is 9.32 Å². The van der Waals surface area contributed by atoms with E-state index in [2.05, 4.69) is 4.98 Å². The number of oxazole rings is 1. The van der Waals surface area contributed by atoms with Crippen LogP contribution in [-0.2, 0) is 14.6 Å². The molecule has 2 aromatic rings. The lowest BCUT2D eigenvalue weighted by molar-refractivity contribution is -0.130. The van der Waals surface area contributed by atoms with Crippen LogP contribution >= 0.6 is 11.8 Å². The van der Waals surface area contributed by atoms with Crippen molar-refractivity contribution in [2.45, 2.75) is 29.9 Å². The molecule has 9 heteroatoms. The van der Waals surface area contributed by atoms with Gasteiger partial charge in [-0.25, -0.2) is 17.8 Å². The van der Waals surface area contributed by atoms with Crippen LogP contribution in [0, 0.1) is 5.82 Å². The zero-order valence-corrected chi connectivity index (χ0v) is 16.0. The van der Waals surface area contributed by atoms with E-state index in [0.29, 0.717) is 23.0 Å². The van der Waals surface area contributed by atoms with Gasteiger partial charge in [-0.15, -0.1) is 0 Å². The number of thioether (sulfide) groups is 1. The minimum atomic E-state index is -3.05. The summed E-state index contributed by atoms with van der Waals surface area (Å²) < 4.78 is 41.8. The van der Waals surface area contributed by atoms with Gasteiger partial charge in [0.05, 0.1) is 23.0 Å². The fraction of sp³-hybridized carbons (Fsp3) is 0.412. The van der Waals surface area contributed by atoms with Crippen LogP contribution in [0.15, 0.2) is 40.1 Å². The summed E-state index contributed by atoms with van der Waals surface area (Å²) in [7, 11) is -1.42. The van der Waals surface area contributed by atoms with Crippen LogP contribution in [0.1, 0.15) is 13.3 Å². The van der Waals surface area contributed by atoms with Gasteiger partial charge in [-0.1, -0.05) is 11.8 Å². The predicted octanol–water partition coefficient (Wildman–Crippen LogP) is 2.61. The van der Waals surface area contributed by atoms with E-state index in [1.807, 2.05) is 0 Å². The van der Waals surface area contributed by atoms with Gasteiger partial charge in [-0.3, -0.25) is 4.79 Å². The van der Waals surface area contributed by atoms with Crippen molar-refractivity contribution in [1.82, 2.24) is 9.88 Å². The summed E-state index contributed by atoms with van der Waals surface area (Å²) in [6.07, 6.45) is 2.00. The molecule has 0 unspecified atom stereocenters. The summed E-state index contributed by atoms with van der Waals surface area (Å²) in [5.41, 5.74) is 0.693. The molecule has 2 heterocycles. The van der Waals surface area contributed by atoms with Crippen molar-refractivity contribution in [1.29, 1.82) is 0 Å². The molecule has 0 spiro atoms. The maximum atomic E-state index is 13.0. The quantitative estimate of drug-likeness (QED) is 0.721. The second-order valence-electron chi connectivity index (χ2n) is 6.26. The Hall–Kier alpha value is -1.87. The Morgan fingerprint density at radius 3 is 2.69 bits per heavy atom. The van der Waals surface area contributed by atoms with Crippen molar-refractivity contribution >= 4 is 27.5 Å². The summed E-state index contributed by atoms with van der Waals surface area (Å²) in [4.78, 5) is 18.2. The highest BCUT2D eigenvalue weighted by molar-refractivity contribution is 8.00. The summed E-state index contributed by atoms with van der Waals surface area (Å²) in [6.45, 7) is 1.73. The summed E-state index contributed by atoms with van der Waals surface area (Å²) >= 11 is 1.16. The maximum Gasteiger partial charge on any atom is 0.256 e. The highest BCUT2D eigenvalue weighted by Crippen LogP contribution is 2.29. The molecule has 0 N–H and O–H groups in total. The van der Waals surface area contributed by atoms with Crippen LogP contribution in [0.2, 0.25) is 0 Å². The first-order valence-electron chi connectivity index (χ1n) is 8.11. The summed E-state index contributed by atoms with van der Waals surface area (Å²) in [5, 5.41) is -0.138. The van der Waals surface area contributed by atoms with Crippen LogP contribution in [0.3, 0.4) is 0 Å². The lowest BCUT2D eigenvalue weighted by Gasteiger charge is -2.25. The number of sulfone groups is 1. The highest BCUT2D eigenvalue weighted by Gasteiger charge is 2.34. The molecule has 1 saturated heterocycles. The minimum Gasteiger partial charge on any atom is -0.431 e. The Morgan fingerprint density at radius 1 is 1.38 bits per heavy atom. The first kappa shape index (κ1) is 18.9. The van der Waals surface area contributed by atoms with Crippen LogP contribution < -0.4 is 0 Å². The highest BCUT2D eigenvalue weighted by atomic mass is 32.2. The van der Waals surface area contributed by atoms with Crippen molar-refractivity contribution in [2.75, 3.05) is 18.6 Å². The van der Waals surface area contributed by atoms with E-state index >= 15 is 0 Å². The number of amides is 1. The molecule has 0 saturated carbocycles. The summed E-state index contributed by atoms with van der Waals surface area (Å²) in [5.74, 6) is 0.123. The van der Waals surface area contributed by atoms with E-state index in [9.17, 15) is 17.6 Å². The second kappa shape index (κ2) is 7.40. The first-order valence-corrected chi connectivity index (χ1v) is 10.8. The van der Waals surface area contributed by atoms with E-state index in [1.54, 1.807) is 26.1 Å². The number of carbonyl (C=O) groups is 1. The Balaban J connectivity index is 1.63. The predicted molar refractivity (Wildman–Crippen MR) is 97.0 cm³/mol. The number of nitrogens with zero attached hydrogens (tertiary/aromatic N) is 2. The number of halogens is 1. The van der Waals surface area contributed by atoms with E-state index < -0.39 is 15.1 Å². The van der Waals surface area contributed by atoms with E-state index in [0.717, 1.165) is 11.8 Å². The average Bonchev–Trinajstić information content (AvgIpc) is 3.20. The number of hydrogen-bond acceptors (Lipinski definition) is 6. The summed E-state index contributed by atoms with van der Waals surface area (Å²) in [6, 6.07) is 5.57. The molecule has 0 bridgehead atoms. The normalized spacial score (nSPS) is 20.0. The third kappa shape index (κ3) is 4.27. The average molecular weight is 398 g/mol. The van der Waals surface area contributed by atoms with Gasteiger partial charge in [0.25, 0.3) is 5.22 Å². The molecule has 26 heavy (non-hydrogen) atoms. The lowest BCUT2D eigenvalue weighted by atomic mass is 10.2. The molecule has 1 aromatic heterocycles. The molecule has 2 atom stereocenters. The zero-order chi connectivity index (χ0) is 18.9. The Kier molecular flexibility index (Phi) is 5.38. The van der Waals surface area contributed by atoms with E-state index in [4.69, 9.17) is 4.42 Å². The lowest BCUT2D eigenvalue weighted by Crippen LogP contribution is -2.41. The van der Waals surface area contributed by atoms with Crippen molar-refractivity contribution < 1.29 is 22.0 Å². The van der Waals surface area contributed by atoms with Gasteiger partial charge in [0.15, 0.2) is 15.6 Å². The van der Waals surface area contributed by atoms with E-state index in [-0.39, 0.29) is 29.3 Å². The molecule has 1 fully saturated rings. The van der Waals surface area contributed by atoms with Gasteiger partial charge in [0, 0.05) is 18.7 Å². The fourth-order valence-electron chi connectivity index (χ4n) is 2.81. The van der Waals surface area contributed by atoms with Gasteiger partial charge >= 0.3 is 0 Å². The van der Waals surface area contributed by atoms with Crippen LogP contribution in [0.25, 0.3) is 11.3 Å². The smallest absolute Gasteiger partial charge is 0.256 e. The van der Waals surface area contributed by atoms with Gasteiger partial charge in [-0.05, 0) is 37.6 Å². The third-order valence-corrected chi connectivity index (χ3v) is 7.04. The Morgan fingerprint density at radius 2 is 2.08 bits per heavy atom. The standard InChI is InChI=1S/C17H19FN2O4S2/c1-11(16(21)20(2)14-7-8-26(22,23)10-14)25-17-19-9-15(24-17)12-3-5-13(18)6-4-12/h3-6,9,11,14H,7-8,10H2,1-2H3/t11-,14-/m1/s1. The molecule has 140 valence electrons. The monoisotopic (exact) mass is 398 g/mol. The van der Waals surface area contributed by atoms with Gasteiger partial charge in [-0.2, -0.15) is 0 Å². The van der Waals surface area contributed by atoms with Crippen molar-refractivity contribution in [3.63, 3.8) is 0 Å². The van der Waals surface area contributed by atoms with Crippen molar-refractivity contribution in [3.05, 3.63) is 36.3 Å². The topological polar surface area (TPSA) is 80.5 Å². The molecule has 1 amide bonds. The molecule has 1 aliphatic rings. The first-order chi connectivity index (χ1) is 12.2. The van der Waals surface area contributed by atoms with Gasteiger partial charge in [0.1, 0.15) is 5.82 Å². The zero-order valence-electron chi connectivity index (χ0n) is 14.4. The number of benzene rings is 1. The molecular weight excluding hydrogens is 379 g/mol.